The average molecular weight is 395 g/mol. The normalized spacial score (nSPS) is 14.7. The van der Waals surface area contributed by atoms with Crippen LogP contribution in [0.3, 0.4) is 0 Å². The monoisotopic (exact) mass is 394 g/mol. The van der Waals surface area contributed by atoms with E-state index in [2.05, 4.69) is 38.2 Å². The largest absolute Gasteiger partial charge is 0.493 e. The molecule has 0 saturated carbocycles. The van der Waals surface area contributed by atoms with Crippen molar-refractivity contribution in [2.24, 2.45) is 4.99 Å². The van der Waals surface area contributed by atoms with E-state index in [4.69, 9.17) is 14.5 Å². The summed E-state index contributed by atoms with van der Waals surface area (Å²) in [5, 5.41) is 3.09. The number of benzene rings is 2. The van der Waals surface area contributed by atoms with Gasteiger partial charge >= 0.3 is 0 Å². The second-order valence-electron chi connectivity index (χ2n) is 8.41. The van der Waals surface area contributed by atoms with Crippen molar-refractivity contribution in [1.29, 1.82) is 0 Å². The Bertz CT molecular complexity index is 967. The number of anilines is 1. The molecule has 1 heterocycles. The third-order valence-electron chi connectivity index (χ3n) is 5.25. The lowest BCUT2D eigenvalue weighted by Crippen LogP contribution is -2.31. The molecular weight excluding hydrogens is 364 g/mol. The Balaban J connectivity index is 1.92. The van der Waals surface area contributed by atoms with Gasteiger partial charge in [-0.2, -0.15) is 0 Å². The van der Waals surface area contributed by atoms with E-state index in [1.165, 1.54) is 5.56 Å². The van der Waals surface area contributed by atoms with Crippen molar-refractivity contribution < 1.29 is 14.3 Å². The second-order valence-corrected chi connectivity index (χ2v) is 8.41. The summed E-state index contributed by atoms with van der Waals surface area (Å²) in [5.41, 5.74) is 6.76. The lowest BCUT2D eigenvalue weighted by molar-refractivity contribution is -0.115. The highest BCUT2D eigenvalue weighted by molar-refractivity contribution is 6.15. The highest BCUT2D eigenvalue weighted by atomic mass is 16.5. The van der Waals surface area contributed by atoms with Crippen LogP contribution in [0, 0.1) is 20.8 Å². The summed E-state index contributed by atoms with van der Waals surface area (Å²) in [7, 11) is 3.25. The molecule has 154 valence electrons. The first-order chi connectivity index (χ1) is 13.6. The summed E-state index contributed by atoms with van der Waals surface area (Å²) in [5.74, 6) is 1.26. The molecule has 2 aromatic carbocycles. The van der Waals surface area contributed by atoms with Gasteiger partial charge < -0.3 is 14.8 Å². The summed E-state index contributed by atoms with van der Waals surface area (Å²) < 4.78 is 10.9. The van der Waals surface area contributed by atoms with Crippen LogP contribution in [0.15, 0.2) is 29.3 Å². The van der Waals surface area contributed by atoms with Gasteiger partial charge in [0, 0.05) is 11.3 Å². The molecule has 1 amide bonds. The van der Waals surface area contributed by atoms with Gasteiger partial charge in [-0.15, -0.1) is 0 Å². The van der Waals surface area contributed by atoms with E-state index in [9.17, 15) is 4.79 Å². The van der Waals surface area contributed by atoms with E-state index in [0.29, 0.717) is 11.5 Å². The molecule has 0 unspecified atom stereocenters. The average Bonchev–Trinajstić information content (AvgIpc) is 2.62. The minimum Gasteiger partial charge on any atom is -0.493 e. The van der Waals surface area contributed by atoms with Crippen molar-refractivity contribution in [1.82, 2.24) is 0 Å². The molecule has 29 heavy (non-hydrogen) atoms. The van der Waals surface area contributed by atoms with Crippen molar-refractivity contribution in [3.05, 3.63) is 52.1 Å². The number of nitrogens with zero attached hydrogens (tertiary/aromatic N) is 1. The number of aliphatic imine (C=N–C) groups is 1. The summed E-state index contributed by atoms with van der Waals surface area (Å²) >= 11 is 0. The summed E-state index contributed by atoms with van der Waals surface area (Å²) in [6, 6.07) is 8.08. The van der Waals surface area contributed by atoms with E-state index < -0.39 is 0 Å². The number of carbonyl (C=O) groups is 1. The highest BCUT2D eigenvalue weighted by Crippen LogP contribution is 2.36. The van der Waals surface area contributed by atoms with Crippen molar-refractivity contribution in [2.45, 2.75) is 53.0 Å². The molecule has 0 radical (unpaired) electrons. The molecule has 2 aromatic rings. The minimum absolute atomic E-state index is 0.0720. The van der Waals surface area contributed by atoms with E-state index >= 15 is 0 Å². The maximum absolute atomic E-state index is 12.9. The number of nitrogens with one attached hydrogen (secondary N) is 1. The number of hydrogen-bond acceptors (Lipinski definition) is 4. The summed E-state index contributed by atoms with van der Waals surface area (Å²) in [4.78, 5) is 17.8. The smallest absolute Gasteiger partial charge is 0.230 e. The van der Waals surface area contributed by atoms with Crippen LogP contribution in [0.5, 0.6) is 11.5 Å². The topological polar surface area (TPSA) is 59.9 Å². The Morgan fingerprint density at radius 3 is 2.21 bits per heavy atom. The van der Waals surface area contributed by atoms with Gasteiger partial charge in [-0.3, -0.25) is 9.79 Å². The maximum Gasteiger partial charge on any atom is 0.230 e. The number of methoxy groups -OCH3 is 2. The molecule has 0 bridgehead atoms. The number of fused-ring (bicyclic) bond motifs is 1. The van der Waals surface area contributed by atoms with Crippen LogP contribution in [0.4, 0.5) is 5.69 Å². The van der Waals surface area contributed by atoms with Crippen molar-refractivity contribution in [3.8, 4) is 11.5 Å². The van der Waals surface area contributed by atoms with Crippen LogP contribution in [-0.2, 0) is 11.2 Å². The quantitative estimate of drug-likeness (QED) is 0.794. The Labute approximate surface area is 173 Å². The second kappa shape index (κ2) is 7.90. The van der Waals surface area contributed by atoms with Gasteiger partial charge in [-0.25, -0.2) is 0 Å². The number of ether oxygens (including phenoxy) is 2. The Morgan fingerprint density at radius 1 is 1.03 bits per heavy atom. The van der Waals surface area contributed by atoms with E-state index in [-0.39, 0.29) is 17.9 Å². The molecule has 5 heteroatoms. The zero-order valence-electron chi connectivity index (χ0n) is 18.4. The van der Waals surface area contributed by atoms with E-state index in [0.717, 1.165) is 40.1 Å². The van der Waals surface area contributed by atoms with Crippen LogP contribution >= 0.6 is 0 Å². The van der Waals surface area contributed by atoms with Gasteiger partial charge in [0.05, 0.1) is 31.9 Å². The Morgan fingerprint density at radius 2 is 1.62 bits per heavy atom. The number of hydrogen-bond donors (Lipinski definition) is 1. The molecule has 1 N–H and O–H groups in total. The molecular formula is C24H30N2O3. The molecule has 1 aliphatic heterocycles. The van der Waals surface area contributed by atoms with Gasteiger partial charge in [0.15, 0.2) is 11.5 Å². The lowest BCUT2D eigenvalue weighted by Gasteiger charge is -2.30. The standard InChI is InChI=1S/C24H30N2O3/c1-14-8-15(2)23(16(3)9-14)25-22(27)12-19-18-11-21(29-7)20(28-6)10-17(18)13-24(4,5)26-19/h8-11H,12-13H2,1-7H3,(H,25,27). The fourth-order valence-corrected chi connectivity index (χ4v) is 4.11. The molecule has 0 fully saturated rings. The summed E-state index contributed by atoms with van der Waals surface area (Å²) in [6.45, 7) is 10.3. The molecule has 3 rings (SSSR count). The van der Waals surface area contributed by atoms with Crippen LogP contribution in [0.2, 0.25) is 0 Å². The van der Waals surface area contributed by atoms with Crippen LogP contribution < -0.4 is 14.8 Å². The van der Waals surface area contributed by atoms with Gasteiger partial charge in [-0.05, 0) is 69.9 Å². The molecule has 0 aromatic heterocycles. The Kier molecular flexibility index (Phi) is 5.69. The number of aryl methyl sites for hydroxylation is 3. The predicted octanol–water partition coefficient (Wildman–Crippen LogP) is 4.78. The Hall–Kier alpha value is -2.82. The number of amides is 1. The first kappa shape index (κ1) is 20.9. The fraction of sp³-hybridized carbons (Fsp3) is 0.417. The van der Waals surface area contributed by atoms with Crippen LogP contribution in [0.25, 0.3) is 0 Å². The van der Waals surface area contributed by atoms with Gasteiger partial charge in [0.2, 0.25) is 5.91 Å². The van der Waals surface area contributed by atoms with Crippen molar-refractivity contribution in [2.75, 3.05) is 19.5 Å². The fourth-order valence-electron chi connectivity index (χ4n) is 4.11. The molecule has 0 atom stereocenters. The third-order valence-corrected chi connectivity index (χ3v) is 5.25. The van der Waals surface area contributed by atoms with Crippen LogP contribution in [0.1, 0.15) is 48.1 Å². The predicted molar refractivity (Wildman–Crippen MR) is 118 cm³/mol. The third kappa shape index (κ3) is 4.44. The maximum atomic E-state index is 12.9. The summed E-state index contributed by atoms with van der Waals surface area (Å²) in [6.07, 6.45) is 0.989. The molecule has 0 spiro atoms. The van der Waals surface area contributed by atoms with Crippen molar-refractivity contribution >= 4 is 17.3 Å². The zero-order valence-corrected chi connectivity index (χ0v) is 18.4. The van der Waals surface area contributed by atoms with Gasteiger partial charge in [0.25, 0.3) is 0 Å². The molecule has 0 saturated heterocycles. The highest BCUT2D eigenvalue weighted by Gasteiger charge is 2.29. The first-order valence-electron chi connectivity index (χ1n) is 9.85. The molecule has 1 aliphatic rings. The molecule has 5 nitrogen and oxygen atoms in total. The molecule has 0 aliphatic carbocycles. The number of carbonyl (C=O) groups excluding carboxylic acids is 1. The van der Waals surface area contributed by atoms with Crippen LogP contribution in [-0.4, -0.2) is 31.4 Å². The van der Waals surface area contributed by atoms with Crippen molar-refractivity contribution in [3.63, 3.8) is 0 Å². The lowest BCUT2D eigenvalue weighted by atomic mass is 9.85. The zero-order chi connectivity index (χ0) is 21.3. The minimum atomic E-state index is -0.280. The van der Waals surface area contributed by atoms with E-state index in [1.54, 1.807) is 14.2 Å². The number of rotatable bonds is 5. The van der Waals surface area contributed by atoms with Gasteiger partial charge in [0.1, 0.15) is 0 Å². The van der Waals surface area contributed by atoms with Gasteiger partial charge in [-0.1, -0.05) is 17.7 Å². The van der Waals surface area contributed by atoms with E-state index in [1.807, 2.05) is 26.0 Å². The first-order valence-corrected chi connectivity index (χ1v) is 9.85. The SMILES string of the molecule is COc1cc2c(cc1OC)C(CC(=O)Nc1c(C)cc(C)cc1C)=NC(C)(C)C2.